The van der Waals surface area contributed by atoms with Crippen LogP contribution in [0, 0.1) is 0 Å². The molecule has 0 fully saturated rings. The van der Waals surface area contributed by atoms with Crippen LogP contribution in [0.25, 0.3) is 11.0 Å². The number of ether oxygens (including phenoxy) is 2. The molecule has 0 saturated heterocycles. The van der Waals surface area contributed by atoms with E-state index in [1.54, 1.807) is 0 Å². The molecule has 0 saturated carbocycles. The van der Waals surface area contributed by atoms with Crippen LogP contribution in [0.4, 0.5) is 5.69 Å². The lowest BCUT2D eigenvalue weighted by Gasteiger charge is -2.11. The number of imidazole rings is 1. The van der Waals surface area contributed by atoms with Gasteiger partial charge in [-0.2, -0.15) is 0 Å². The first kappa shape index (κ1) is 19.5. The van der Waals surface area contributed by atoms with Crippen LogP contribution < -0.4 is 14.8 Å². The highest BCUT2D eigenvalue weighted by Gasteiger charge is 2.14. The minimum atomic E-state index is -0.136. The zero-order valence-electron chi connectivity index (χ0n) is 16.7. The number of fused-ring (bicyclic) bond motifs is 1. The SMILES string of the molecule is CCOc1ccc(NC(=O)Cn2c(COc3ccccc3)nc3ccccc32)cc1. The van der Waals surface area contributed by atoms with Crippen molar-refractivity contribution < 1.29 is 14.3 Å². The summed E-state index contributed by atoms with van der Waals surface area (Å²) >= 11 is 0. The fraction of sp³-hybridized carbons (Fsp3) is 0.167. The molecular formula is C24H23N3O3. The van der Waals surface area contributed by atoms with Crippen LogP contribution in [0.15, 0.2) is 78.9 Å². The van der Waals surface area contributed by atoms with E-state index in [2.05, 4.69) is 10.3 Å². The van der Waals surface area contributed by atoms with E-state index in [-0.39, 0.29) is 19.1 Å². The second-order valence-corrected chi connectivity index (χ2v) is 6.71. The average molecular weight is 401 g/mol. The van der Waals surface area contributed by atoms with E-state index in [1.165, 1.54) is 0 Å². The summed E-state index contributed by atoms with van der Waals surface area (Å²) in [5, 5.41) is 2.93. The Morgan fingerprint density at radius 1 is 0.900 bits per heavy atom. The molecule has 0 atom stereocenters. The van der Waals surface area contributed by atoms with E-state index in [1.807, 2.05) is 90.4 Å². The number of aromatic nitrogens is 2. The van der Waals surface area contributed by atoms with Crippen molar-refractivity contribution in [2.45, 2.75) is 20.1 Å². The number of amides is 1. The molecule has 0 radical (unpaired) electrons. The maximum Gasteiger partial charge on any atom is 0.244 e. The van der Waals surface area contributed by atoms with Gasteiger partial charge in [0.25, 0.3) is 0 Å². The summed E-state index contributed by atoms with van der Waals surface area (Å²) in [6.45, 7) is 2.95. The van der Waals surface area contributed by atoms with E-state index in [4.69, 9.17) is 9.47 Å². The number of hydrogen-bond acceptors (Lipinski definition) is 4. The van der Waals surface area contributed by atoms with Crippen molar-refractivity contribution in [3.63, 3.8) is 0 Å². The van der Waals surface area contributed by atoms with E-state index >= 15 is 0 Å². The van der Waals surface area contributed by atoms with Crippen molar-refractivity contribution in [1.29, 1.82) is 0 Å². The Hall–Kier alpha value is -3.80. The summed E-state index contributed by atoms with van der Waals surface area (Å²) < 4.78 is 13.2. The molecule has 3 aromatic carbocycles. The molecule has 0 aliphatic carbocycles. The third-order valence-electron chi connectivity index (χ3n) is 4.60. The Bertz CT molecular complexity index is 1120. The second kappa shape index (κ2) is 9.13. The summed E-state index contributed by atoms with van der Waals surface area (Å²) in [5.74, 6) is 2.09. The molecule has 0 unspecified atom stereocenters. The number of nitrogens with zero attached hydrogens (tertiary/aromatic N) is 2. The number of hydrogen-bond donors (Lipinski definition) is 1. The van der Waals surface area contributed by atoms with Crippen LogP contribution in [0.1, 0.15) is 12.7 Å². The van der Waals surface area contributed by atoms with Gasteiger partial charge in [-0.1, -0.05) is 30.3 Å². The van der Waals surface area contributed by atoms with E-state index in [9.17, 15) is 4.79 Å². The van der Waals surface area contributed by atoms with E-state index in [0.29, 0.717) is 12.4 Å². The van der Waals surface area contributed by atoms with Crippen LogP contribution >= 0.6 is 0 Å². The van der Waals surface area contributed by atoms with E-state index < -0.39 is 0 Å². The van der Waals surface area contributed by atoms with Gasteiger partial charge in [-0.25, -0.2) is 4.98 Å². The Labute approximate surface area is 175 Å². The number of benzene rings is 3. The monoisotopic (exact) mass is 401 g/mol. The lowest BCUT2D eigenvalue weighted by Crippen LogP contribution is -2.20. The second-order valence-electron chi connectivity index (χ2n) is 6.71. The standard InChI is InChI=1S/C24H23N3O3/c1-2-29-20-14-12-18(13-15-20)25-24(28)16-27-22-11-7-6-10-21(22)26-23(27)17-30-19-8-4-3-5-9-19/h3-15H,2,16-17H2,1H3,(H,25,28). The van der Waals surface area contributed by atoms with Gasteiger partial charge in [-0.15, -0.1) is 0 Å². The van der Waals surface area contributed by atoms with Crippen molar-refractivity contribution in [2.75, 3.05) is 11.9 Å². The minimum Gasteiger partial charge on any atom is -0.494 e. The van der Waals surface area contributed by atoms with Gasteiger partial charge in [0, 0.05) is 5.69 Å². The van der Waals surface area contributed by atoms with Crippen LogP contribution in [0.5, 0.6) is 11.5 Å². The average Bonchev–Trinajstić information content (AvgIpc) is 3.12. The van der Waals surface area contributed by atoms with Gasteiger partial charge >= 0.3 is 0 Å². The minimum absolute atomic E-state index is 0.136. The molecule has 6 nitrogen and oxygen atoms in total. The molecule has 0 bridgehead atoms. The Balaban J connectivity index is 1.51. The van der Waals surface area contributed by atoms with Gasteiger partial charge < -0.3 is 19.4 Å². The molecule has 1 aromatic heterocycles. The molecule has 30 heavy (non-hydrogen) atoms. The number of carbonyl (C=O) groups excluding carboxylic acids is 1. The van der Waals surface area contributed by atoms with Gasteiger partial charge in [-0.3, -0.25) is 4.79 Å². The molecule has 0 spiro atoms. The van der Waals surface area contributed by atoms with Crippen molar-refractivity contribution in [3.05, 3.63) is 84.7 Å². The molecule has 6 heteroatoms. The topological polar surface area (TPSA) is 65.4 Å². The molecular weight excluding hydrogens is 378 g/mol. The maximum absolute atomic E-state index is 12.7. The number of nitrogens with one attached hydrogen (secondary N) is 1. The molecule has 0 aliphatic rings. The quantitative estimate of drug-likeness (QED) is 0.467. The largest absolute Gasteiger partial charge is 0.494 e. The van der Waals surface area contributed by atoms with Gasteiger partial charge in [0.2, 0.25) is 5.91 Å². The Morgan fingerprint density at radius 3 is 2.37 bits per heavy atom. The fourth-order valence-corrected chi connectivity index (χ4v) is 3.22. The zero-order valence-corrected chi connectivity index (χ0v) is 16.7. The van der Waals surface area contributed by atoms with Crippen molar-refractivity contribution >= 4 is 22.6 Å². The highest BCUT2D eigenvalue weighted by Crippen LogP contribution is 2.19. The van der Waals surface area contributed by atoms with E-state index in [0.717, 1.165) is 28.2 Å². The number of carbonyl (C=O) groups is 1. The smallest absolute Gasteiger partial charge is 0.244 e. The maximum atomic E-state index is 12.7. The highest BCUT2D eigenvalue weighted by atomic mass is 16.5. The Kier molecular flexibility index (Phi) is 5.94. The van der Waals surface area contributed by atoms with Crippen LogP contribution in [0.3, 0.4) is 0 Å². The van der Waals surface area contributed by atoms with Crippen molar-refractivity contribution in [3.8, 4) is 11.5 Å². The molecule has 4 aromatic rings. The van der Waals surface area contributed by atoms with Gasteiger partial charge in [0.05, 0.1) is 17.6 Å². The lowest BCUT2D eigenvalue weighted by molar-refractivity contribution is -0.116. The lowest BCUT2D eigenvalue weighted by atomic mass is 10.3. The number of para-hydroxylation sites is 3. The summed E-state index contributed by atoms with van der Waals surface area (Å²) in [5.41, 5.74) is 2.44. The summed E-state index contributed by atoms with van der Waals surface area (Å²) in [7, 11) is 0. The fourth-order valence-electron chi connectivity index (χ4n) is 3.22. The summed E-state index contributed by atoms with van der Waals surface area (Å²) in [6, 6.07) is 24.7. The number of anilines is 1. The summed E-state index contributed by atoms with van der Waals surface area (Å²) in [4.78, 5) is 17.4. The predicted molar refractivity (Wildman–Crippen MR) is 117 cm³/mol. The van der Waals surface area contributed by atoms with Crippen molar-refractivity contribution in [1.82, 2.24) is 9.55 Å². The molecule has 1 heterocycles. The first-order chi connectivity index (χ1) is 14.7. The third-order valence-corrected chi connectivity index (χ3v) is 4.60. The molecule has 0 aliphatic heterocycles. The normalized spacial score (nSPS) is 10.7. The number of rotatable bonds is 8. The first-order valence-corrected chi connectivity index (χ1v) is 9.87. The van der Waals surface area contributed by atoms with Crippen molar-refractivity contribution in [2.24, 2.45) is 0 Å². The highest BCUT2D eigenvalue weighted by molar-refractivity contribution is 5.91. The van der Waals surface area contributed by atoms with Crippen LogP contribution in [0.2, 0.25) is 0 Å². The molecule has 1 N–H and O–H groups in total. The summed E-state index contributed by atoms with van der Waals surface area (Å²) in [6.07, 6.45) is 0. The van der Waals surface area contributed by atoms with Gasteiger partial charge in [0.1, 0.15) is 30.5 Å². The van der Waals surface area contributed by atoms with Crippen LogP contribution in [-0.2, 0) is 17.9 Å². The Morgan fingerprint density at radius 2 is 1.60 bits per heavy atom. The molecule has 4 rings (SSSR count). The molecule has 1 amide bonds. The zero-order chi connectivity index (χ0) is 20.8. The molecule has 152 valence electrons. The first-order valence-electron chi connectivity index (χ1n) is 9.87. The van der Waals surface area contributed by atoms with Crippen LogP contribution in [-0.4, -0.2) is 22.1 Å². The van der Waals surface area contributed by atoms with Gasteiger partial charge in [0.15, 0.2) is 0 Å². The van der Waals surface area contributed by atoms with Gasteiger partial charge in [-0.05, 0) is 55.5 Å². The predicted octanol–water partition coefficient (Wildman–Crippen LogP) is 4.65. The third kappa shape index (κ3) is 4.60.